The van der Waals surface area contributed by atoms with Gasteiger partial charge in [0.05, 0.1) is 18.8 Å². The molecule has 1 aromatic rings. The number of hydrogen-bond acceptors (Lipinski definition) is 3. The lowest BCUT2D eigenvalue weighted by molar-refractivity contribution is -0.135. The highest BCUT2D eigenvalue weighted by atomic mass is 16.2. The van der Waals surface area contributed by atoms with Crippen molar-refractivity contribution >= 4 is 11.8 Å². The SMILES string of the molecule is CCCC(=O)N1Cc2ccnn2[C@H](C(=O)NC2CC2)C1. The molecule has 3 rings (SSSR count). The minimum atomic E-state index is -0.393. The summed E-state index contributed by atoms with van der Waals surface area (Å²) >= 11 is 0. The number of aromatic nitrogens is 2. The molecular weight excluding hydrogens is 256 g/mol. The second kappa shape index (κ2) is 5.26. The first-order valence-electron chi connectivity index (χ1n) is 7.29. The van der Waals surface area contributed by atoms with E-state index in [9.17, 15) is 9.59 Å². The van der Waals surface area contributed by atoms with Gasteiger partial charge in [-0.15, -0.1) is 0 Å². The van der Waals surface area contributed by atoms with Crippen molar-refractivity contribution < 1.29 is 9.59 Å². The molecule has 0 bridgehead atoms. The maximum absolute atomic E-state index is 12.3. The number of rotatable bonds is 4. The molecule has 2 heterocycles. The van der Waals surface area contributed by atoms with Crippen molar-refractivity contribution in [1.29, 1.82) is 0 Å². The Labute approximate surface area is 118 Å². The number of fused-ring (bicyclic) bond motifs is 1. The van der Waals surface area contributed by atoms with Gasteiger partial charge in [-0.3, -0.25) is 14.3 Å². The maximum atomic E-state index is 12.3. The van der Waals surface area contributed by atoms with Gasteiger partial charge in [0.15, 0.2) is 0 Å². The average molecular weight is 276 g/mol. The van der Waals surface area contributed by atoms with Crippen LogP contribution in [0.5, 0.6) is 0 Å². The van der Waals surface area contributed by atoms with Gasteiger partial charge in [-0.2, -0.15) is 5.10 Å². The smallest absolute Gasteiger partial charge is 0.246 e. The Bertz CT molecular complexity index is 521. The third kappa shape index (κ3) is 2.55. The summed E-state index contributed by atoms with van der Waals surface area (Å²) in [6.45, 7) is 2.96. The van der Waals surface area contributed by atoms with Crippen LogP contribution in [-0.4, -0.2) is 39.1 Å². The molecule has 6 nitrogen and oxygen atoms in total. The summed E-state index contributed by atoms with van der Waals surface area (Å²) in [4.78, 5) is 26.2. The summed E-state index contributed by atoms with van der Waals surface area (Å²) in [6.07, 6.45) is 5.17. The standard InChI is InChI=1S/C14H20N4O2/c1-2-3-13(19)17-8-11-6-7-15-18(11)12(9-17)14(20)16-10-4-5-10/h6-7,10,12H,2-5,8-9H2,1H3,(H,16,20)/t12-/m0/s1. The summed E-state index contributed by atoms with van der Waals surface area (Å²) in [5, 5.41) is 7.25. The van der Waals surface area contributed by atoms with Crippen LogP contribution in [0.1, 0.15) is 44.3 Å². The van der Waals surface area contributed by atoms with E-state index in [-0.39, 0.29) is 11.8 Å². The number of amides is 2. The van der Waals surface area contributed by atoms with Crippen molar-refractivity contribution in [2.24, 2.45) is 0 Å². The molecule has 0 spiro atoms. The first-order valence-corrected chi connectivity index (χ1v) is 7.29. The minimum Gasteiger partial charge on any atom is -0.351 e. The largest absolute Gasteiger partial charge is 0.351 e. The summed E-state index contributed by atoms with van der Waals surface area (Å²) in [6, 6.07) is 1.81. The van der Waals surface area contributed by atoms with Crippen LogP contribution in [0, 0.1) is 0 Å². The second-order valence-corrected chi connectivity index (χ2v) is 5.59. The molecular formula is C14H20N4O2. The van der Waals surface area contributed by atoms with Crippen LogP contribution in [0.2, 0.25) is 0 Å². The van der Waals surface area contributed by atoms with E-state index in [2.05, 4.69) is 10.4 Å². The van der Waals surface area contributed by atoms with Gasteiger partial charge in [-0.1, -0.05) is 6.92 Å². The zero-order chi connectivity index (χ0) is 14.1. The Morgan fingerprint density at radius 2 is 2.25 bits per heavy atom. The predicted molar refractivity (Wildman–Crippen MR) is 72.8 cm³/mol. The van der Waals surface area contributed by atoms with E-state index in [1.54, 1.807) is 15.8 Å². The van der Waals surface area contributed by atoms with Crippen LogP contribution >= 0.6 is 0 Å². The third-order valence-electron chi connectivity index (χ3n) is 3.84. The number of carbonyl (C=O) groups excluding carboxylic acids is 2. The molecule has 1 N–H and O–H groups in total. The van der Waals surface area contributed by atoms with Crippen LogP contribution in [0.15, 0.2) is 12.3 Å². The molecule has 1 aliphatic heterocycles. The average Bonchev–Trinajstić information content (AvgIpc) is 3.12. The predicted octanol–water partition coefficient (Wildman–Crippen LogP) is 0.845. The zero-order valence-corrected chi connectivity index (χ0v) is 11.7. The zero-order valence-electron chi connectivity index (χ0n) is 11.7. The van der Waals surface area contributed by atoms with Crippen molar-refractivity contribution in [2.75, 3.05) is 6.54 Å². The van der Waals surface area contributed by atoms with Gasteiger partial charge < -0.3 is 10.2 Å². The number of nitrogens with one attached hydrogen (secondary N) is 1. The first-order chi connectivity index (χ1) is 9.69. The van der Waals surface area contributed by atoms with Gasteiger partial charge in [0, 0.05) is 18.7 Å². The highest BCUT2D eigenvalue weighted by Crippen LogP contribution is 2.24. The number of carbonyl (C=O) groups is 2. The normalized spacial score (nSPS) is 21.4. The van der Waals surface area contributed by atoms with E-state index in [1.165, 1.54) is 0 Å². The molecule has 1 atom stereocenters. The Kier molecular flexibility index (Phi) is 3.46. The number of hydrogen-bond donors (Lipinski definition) is 1. The third-order valence-corrected chi connectivity index (χ3v) is 3.84. The highest BCUT2D eigenvalue weighted by Gasteiger charge is 2.35. The lowest BCUT2D eigenvalue weighted by atomic mass is 10.1. The molecule has 2 amide bonds. The molecule has 6 heteroatoms. The van der Waals surface area contributed by atoms with E-state index >= 15 is 0 Å². The van der Waals surface area contributed by atoms with E-state index in [4.69, 9.17) is 0 Å². The van der Waals surface area contributed by atoms with Crippen LogP contribution in [0.25, 0.3) is 0 Å². The Hall–Kier alpha value is -1.85. The Balaban J connectivity index is 1.77. The molecule has 1 fully saturated rings. The van der Waals surface area contributed by atoms with E-state index in [0.29, 0.717) is 25.6 Å². The summed E-state index contributed by atoms with van der Waals surface area (Å²) in [5.74, 6) is 0.0932. The molecule has 108 valence electrons. The molecule has 0 unspecified atom stereocenters. The van der Waals surface area contributed by atoms with Crippen molar-refractivity contribution in [3.8, 4) is 0 Å². The molecule has 1 aliphatic carbocycles. The fraction of sp³-hybridized carbons (Fsp3) is 0.643. The van der Waals surface area contributed by atoms with E-state index in [1.807, 2.05) is 13.0 Å². The van der Waals surface area contributed by atoms with Crippen LogP contribution in [-0.2, 0) is 16.1 Å². The minimum absolute atomic E-state index is 0.0218. The molecule has 0 aromatic carbocycles. The van der Waals surface area contributed by atoms with Crippen molar-refractivity contribution in [3.05, 3.63) is 18.0 Å². The lowest BCUT2D eigenvalue weighted by Gasteiger charge is -2.33. The topological polar surface area (TPSA) is 67.2 Å². The van der Waals surface area contributed by atoms with Crippen LogP contribution in [0.4, 0.5) is 0 Å². The van der Waals surface area contributed by atoms with Gasteiger partial charge in [-0.05, 0) is 25.3 Å². The fourth-order valence-electron chi connectivity index (χ4n) is 2.57. The summed E-state index contributed by atoms with van der Waals surface area (Å²) in [5.41, 5.74) is 0.927. The first kappa shape index (κ1) is 13.1. The number of nitrogens with zero attached hydrogens (tertiary/aromatic N) is 3. The molecule has 1 aromatic heterocycles. The van der Waals surface area contributed by atoms with Gasteiger partial charge >= 0.3 is 0 Å². The van der Waals surface area contributed by atoms with Crippen LogP contribution in [0.3, 0.4) is 0 Å². The van der Waals surface area contributed by atoms with Gasteiger partial charge in [0.1, 0.15) is 6.04 Å². The van der Waals surface area contributed by atoms with Gasteiger partial charge in [-0.25, -0.2) is 0 Å². The molecule has 0 radical (unpaired) electrons. The van der Waals surface area contributed by atoms with E-state index in [0.717, 1.165) is 25.0 Å². The van der Waals surface area contributed by atoms with E-state index < -0.39 is 6.04 Å². The fourth-order valence-corrected chi connectivity index (χ4v) is 2.57. The molecule has 0 saturated heterocycles. The molecule has 2 aliphatic rings. The van der Waals surface area contributed by atoms with Crippen LogP contribution < -0.4 is 5.32 Å². The van der Waals surface area contributed by atoms with Crippen molar-refractivity contribution in [1.82, 2.24) is 20.0 Å². The second-order valence-electron chi connectivity index (χ2n) is 5.59. The summed E-state index contributed by atoms with van der Waals surface area (Å²) in [7, 11) is 0. The summed E-state index contributed by atoms with van der Waals surface area (Å²) < 4.78 is 1.76. The van der Waals surface area contributed by atoms with Gasteiger partial charge in [0.2, 0.25) is 11.8 Å². The van der Waals surface area contributed by atoms with Crippen molar-refractivity contribution in [3.63, 3.8) is 0 Å². The molecule has 20 heavy (non-hydrogen) atoms. The highest BCUT2D eigenvalue weighted by molar-refractivity contribution is 5.83. The monoisotopic (exact) mass is 276 g/mol. The van der Waals surface area contributed by atoms with Crippen molar-refractivity contribution in [2.45, 2.75) is 51.2 Å². The quantitative estimate of drug-likeness (QED) is 0.886. The molecule has 1 saturated carbocycles. The Morgan fingerprint density at radius 1 is 1.45 bits per heavy atom. The lowest BCUT2D eigenvalue weighted by Crippen LogP contribution is -2.47. The van der Waals surface area contributed by atoms with Gasteiger partial charge in [0.25, 0.3) is 0 Å². The Morgan fingerprint density at radius 3 is 2.95 bits per heavy atom. The maximum Gasteiger partial charge on any atom is 0.246 e.